The number of aromatic nitrogens is 2. The van der Waals surface area contributed by atoms with Gasteiger partial charge in [0.05, 0.1) is 23.9 Å². The summed E-state index contributed by atoms with van der Waals surface area (Å²) in [7, 11) is -3.03. The number of rotatable bonds is 5. The van der Waals surface area contributed by atoms with Gasteiger partial charge in [-0.2, -0.15) is 0 Å². The van der Waals surface area contributed by atoms with E-state index in [1.54, 1.807) is 4.90 Å². The van der Waals surface area contributed by atoms with Crippen LogP contribution in [0.25, 0.3) is 0 Å². The highest BCUT2D eigenvalue weighted by Crippen LogP contribution is 2.19. The minimum absolute atomic E-state index is 0.0347. The van der Waals surface area contributed by atoms with Crippen LogP contribution in [-0.2, 0) is 9.84 Å². The molecule has 1 saturated heterocycles. The molecule has 1 fully saturated rings. The highest BCUT2D eigenvalue weighted by atomic mass is 32.2. The van der Waals surface area contributed by atoms with Crippen molar-refractivity contribution in [2.45, 2.75) is 39.3 Å². The molecule has 0 radical (unpaired) electrons. The molecule has 2 heterocycles. The molecule has 122 valence electrons. The van der Waals surface area contributed by atoms with Crippen LogP contribution in [0.2, 0.25) is 0 Å². The van der Waals surface area contributed by atoms with Crippen LogP contribution >= 0.6 is 0 Å². The third-order valence-corrected chi connectivity index (χ3v) is 5.31. The van der Waals surface area contributed by atoms with E-state index in [0.717, 1.165) is 0 Å². The number of nitrogens with zero attached hydrogens (tertiary/aromatic N) is 3. The normalized spacial score (nSPS) is 20.1. The minimum Gasteiger partial charge on any atom is -0.367 e. The zero-order valence-corrected chi connectivity index (χ0v) is 13.9. The molecule has 0 aliphatic carbocycles. The lowest BCUT2D eigenvalue weighted by molar-refractivity contribution is 0.0702. The smallest absolute Gasteiger partial charge is 0.274 e. The molecule has 7 nitrogen and oxygen atoms in total. The van der Waals surface area contributed by atoms with Crippen LogP contribution in [0.1, 0.15) is 37.7 Å². The van der Waals surface area contributed by atoms with Gasteiger partial charge in [0, 0.05) is 18.6 Å². The number of anilines is 1. The second-order valence-electron chi connectivity index (χ2n) is 5.73. The van der Waals surface area contributed by atoms with E-state index in [2.05, 4.69) is 15.3 Å². The zero-order chi connectivity index (χ0) is 16.3. The third kappa shape index (κ3) is 3.94. The van der Waals surface area contributed by atoms with Crippen molar-refractivity contribution >= 4 is 21.6 Å². The molecule has 1 aliphatic rings. The van der Waals surface area contributed by atoms with E-state index in [0.29, 0.717) is 18.8 Å². The number of amides is 1. The first-order valence-electron chi connectivity index (χ1n) is 7.42. The number of carbonyl (C=O) groups is 1. The lowest BCUT2D eigenvalue weighted by Crippen LogP contribution is -2.41. The number of hydrogen-bond donors (Lipinski definition) is 1. The first-order valence-corrected chi connectivity index (χ1v) is 9.24. The molecular formula is C14H22N4O3S. The Morgan fingerprint density at radius 3 is 2.59 bits per heavy atom. The Labute approximate surface area is 131 Å². The highest BCUT2D eigenvalue weighted by molar-refractivity contribution is 7.91. The number of hydrogen-bond acceptors (Lipinski definition) is 6. The van der Waals surface area contributed by atoms with Crippen LogP contribution in [0.3, 0.4) is 0 Å². The molecule has 0 bridgehead atoms. The quantitative estimate of drug-likeness (QED) is 0.866. The van der Waals surface area contributed by atoms with Gasteiger partial charge >= 0.3 is 0 Å². The van der Waals surface area contributed by atoms with Crippen LogP contribution in [0, 0.1) is 0 Å². The Hall–Kier alpha value is -1.70. The maximum absolute atomic E-state index is 12.5. The summed E-state index contributed by atoms with van der Waals surface area (Å²) in [5.74, 6) is 0.517. The fourth-order valence-electron chi connectivity index (χ4n) is 2.54. The number of nitrogens with one attached hydrogen (secondary N) is 1. The summed E-state index contributed by atoms with van der Waals surface area (Å²) in [5, 5.41) is 3.10. The van der Waals surface area contributed by atoms with E-state index in [-0.39, 0.29) is 35.2 Å². The molecule has 1 aromatic heterocycles. The monoisotopic (exact) mass is 326 g/mol. The Bertz CT molecular complexity index is 628. The van der Waals surface area contributed by atoms with Crippen molar-refractivity contribution in [3.8, 4) is 0 Å². The van der Waals surface area contributed by atoms with Gasteiger partial charge in [-0.05, 0) is 27.2 Å². The van der Waals surface area contributed by atoms with E-state index in [9.17, 15) is 13.2 Å². The van der Waals surface area contributed by atoms with Gasteiger partial charge in [0.2, 0.25) is 0 Å². The van der Waals surface area contributed by atoms with Crippen molar-refractivity contribution in [1.82, 2.24) is 14.9 Å². The Morgan fingerprint density at radius 2 is 2.14 bits per heavy atom. The van der Waals surface area contributed by atoms with Gasteiger partial charge in [-0.3, -0.25) is 4.79 Å². The third-order valence-electron chi connectivity index (χ3n) is 3.56. The summed E-state index contributed by atoms with van der Waals surface area (Å²) in [4.78, 5) is 22.4. The van der Waals surface area contributed by atoms with Crippen LogP contribution in [0.15, 0.2) is 12.4 Å². The molecule has 1 amide bonds. The van der Waals surface area contributed by atoms with Crippen LogP contribution in [-0.4, -0.2) is 59.3 Å². The molecule has 1 aromatic rings. The molecule has 1 unspecified atom stereocenters. The van der Waals surface area contributed by atoms with E-state index in [1.807, 2.05) is 20.8 Å². The molecule has 0 spiro atoms. The topological polar surface area (TPSA) is 92.3 Å². The highest BCUT2D eigenvalue weighted by Gasteiger charge is 2.34. The lowest BCUT2D eigenvalue weighted by Gasteiger charge is -2.26. The molecule has 1 aliphatic heterocycles. The Balaban J connectivity index is 2.11. The second kappa shape index (κ2) is 6.60. The summed E-state index contributed by atoms with van der Waals surface area (Å²) < 4.78 is 23.2. The molecule has 2 rings (SSSR count). The van der Waals surface area contributed by atoms with Gasteiger partial charge in [-0.1, -0.05) is 0 Å². The van der Waals surface area contributed by atoms with Crippen molar-refractivity contribution in [2.75, 3.05) is 23.4 Å². The molecule has 1 atom stereocenters. The first kappa shape index (κ1) is 16.7. The van der Waals surface area contributed by atoms with Crippen molar-refractivity contribution in [2.24, 2.45) is 0 Å². The standard InChI is InChI=1S/C14H22N4O3S/c1-4-18(11-5-6-22(20,21)9-11)14(19)12-7-16-13(8-15-12)17-10(2)3/h7-8,10-11H,4-6,9H2,1-3H3,(H,16,17). The summed E-state index contributed by atoms with van der Waals surface area (Å²) in [6, 6.07) is -0.0375. The van der Waals surface area contributed by atoms with Gasteiger partial charge in [0.1, 0.15) is 11.5 Å². The minimum atomic E-state index is -3.03. The largest absolute Gasteiger partial charge is 0.367 e. The van der Waals surface area contributed by atoms with E-state index in [1.165, 1.54) is 12.4 Å². The molecular weight excluding hydrogens is 304 g/mol. The number of carbonyl (C=O) groups excluding carboxylic acids is 1. The van der Waals surface area contributed by atoms with Gasteiger partial charge in [0.15, 0.2) is 9.84 Å². The average molecular weight is 326 g/mol. The number of sulfone groups is 1. The molecule has 1 N–H and O–H groups in total. The summed E-state index contributed by atoms with van der Waals surface area (Å²) in [6.45, 7) is 6.26. The summed E-state index contributed by atoms with van der Waals surface area (Å²) in [5.41, 5.74) is 0.237. The Kier molecular flexibility index (Phi) is 5.00. The first-order chi connectivity index (χ1) is 10.3. The van der Waals surface area contributed by atoms with Crippen molar-refractivity contribution in [1.29, 1.82) is 0 Å². The maximum Gasteiger partial charge on any atom is 0.274 e. The molecule has 0 saturated carbocycles. The van der Waals surface area contributed by atoms with Gasteiger partial charge in [-0.15, -0.1) is 0 Å². The average Bonchev–Trinajstić information content (AvgIpc) is 2.80. The Morgan fingerprint density at radius 1 is 1.41 bits per heavy atom. The van der Waals surface area contributed by atoms with E-state index < -0.39 is 9.84 Å². The lowest BCUT2D eigenvalue weighted by atomic mass is 10.2. The fraction of sp³-hybridized carbons (Fsp3) is 0.643. The predicted octanol–water partition coefficient (Wildman–Crippen LogP) is 0.946. The van der Waals surface area contributed by atoms with Crippen molar-refractivity contribution < 1.29 is 13.2 Å². The van der Waals surface area contributed by atoms with Crippen LogP contribution < -0.4 is 5.32 Å². The molecule has 0 aromatic carbocycles. The fourth-order valence-corrected chi connectivity index (χ4v) is 4.28. The predicted molar refractivity (Wildman–Crippen MR) is 84.6 cm³/mol. The molecule has 22 heavy (non-hydrogen) atoms. The molecule has 8 heteroatoms. The van der Waals surface area contributed by atoms with Gasteiger partial charge < -0.3 is 10.2 Å². The van der Waals surface area contributed by atoms with Gasteiger partial charge in [0.25, 0.3) is 5.91 Å². The van der Waals surface area contributed by atoms with Crippen molar-refractivity contribution in [3.05, 3.63) is 18.1 Å². The van der Waals surface area contributed by atoms with Gasteiger partial charge in [-0.25, -0.2) is 18.4 Å². The van der Waals surface area contributed by atoms with Crippen LogP contribution in [0.5, 0.6) is 0 Å². The SMILES string of the molecule is CCN(C(=O)c1cnc(NC(C)C)cn1)C1CCS(=O)(=O)C1. The summed E-state index contributed by atoms with van der Waals surface area (Å²) >= 11 is 0. The zero-order valence-electron chi connectivity index (χ0n) is 13.1. The van der Waals surface area contributed by atoms with Crippen molar-refractivity contribution in [3.63, 3.8) is 0 Å². The van der Waals surface area contributed by atoms with Crippen LogP contribution in [0.4, 0.5) is 5.82 Å². The van der Waals surface area contributed by atoms with E-state index in [4.69, 9.17) is 0 Å². The summed E-state index contributed by atoms with van der Waals surface area (Å²) in [6.07, 6.45) is 3.44. The van der Waals surface area contributed by atoms with E-state index >= 15 is 0 Å². The maximum atomic E-state index is 12.5. The second-order valence-corrected chi connectivity index (χ2v) is 7.96.